The van der Waals surface area contributed by atoms with Crippen LogP contribution in [0.4, 0.5) is 5.95 Å². The van der Waals surface area contributed by atoms with Crippen molar-refractivity contribution in [1.82, 2.24) is 19.5 Å². The monoisotopic (exact) mass is 399 g/mol. The highest BCUT2D eigenvalue weighted by Gasteiger charge is 2.15. The van der Waals surface area contributed by atoms with Gasteiger partial charge in [-0.15, -0.1) is 0 Å². The van der Waals surface area contributed by atoms with E-state index in [1.165, 1.54) is 13.8 Å². The summed E-state index contributed by atoms with van der Waals surface area (Å²) in [4.78, 5) is 34.4. The van der Waals surface area contributed by atoms with Gasteiger partial charge >= 0.3 is 11.9 Å². The zero-order chi connectivity index (χ0) is 17.7. The lowest BCUT2D eigenvalue weighted by atomic mass is 10.1. The number of aryl methyl sites for hydroxylation is 1. The number of esters is 2. The van der Waals surface area contributed by atoms with Gasteiger partial charge in [0.2, 0.25) is 5.95 Å². The molecule has 0 aliphatic carbocycles. The molecule has 0 spiro atoms. The number of nitrogens with two attached hydrogens (primary N) is 1. The lowest BCUT2D eigenvalue weighted by Crippen LogP contribution is -2.21. The fourth-order valence-corrected chi connectivity index (χ4v) is 2.56. The molecule has 24 heavy (non-hydrogen) atoms. The lowest BCUT2D eigenvalue weighted by molar-refractivity contribution is -0.146. The van der Waals surface area contributed by atoms with Gasteiger partial charge in [0.25, 0.3) is 0 Å². The standard InChI is InChI=1S/C14H18BrN5O4/c1-8(21)23-5-10(6-24-9(2)22)3-4-20-7-17-11-12(15)18-14(16)19-13(11)20/h7,10H,3-6H2,1-2H3,(H2,16,18,19). The van der Waals surface area contributed by atoms with Crippen LogP contribution >= 0.6 is 15.9 Å². The third-order valence-electron chi connectivity index (χ3n) is 3.26. The van der Waals surface area contributed by atoms with Crippen LogP contribution < -0.4 is 5.73 Å². The molecule has 9 nitrogen and oxygen atoms in total. The molecular weight excluding hydrogens is 382 g/mol. The second-order valence-electron chi connectivity index (χ2n) is 5.24. The van der Waals surface area contributed by atoms with E-state index in [0.717, 1.165) is 0 Å². The topological polar surface area (TPSA) is 122 Å². The first-order chi connectivity index (χ1) is 11.4. The van der Waals surface area contributed by atoms with Gasteiger partial charge in [0, 0.05) is 26.3 Å². The molecule has 0 aliphatic heterocycles. The smallest absolute Gasteiger partial charge is 0.302 e. The van der Waals surface area contributed by atoms with E-state index in [1.807, 2.05) is 4.57 Å². The number of rotatable bonds is 7. The Labute approximate surface area is 146 Å². The number of anilines is 1. The minimum absolute atomic E-state index is 0.127. The molecule has 0 radical (unpaired) electrons. The molecule has 0 unspecified atom stereocenters. The molecule has 0 amide bonds. The molecule has 0 saturated carbocycles. The summed E-state index contributed by atoms with van der Waals surface area (Å²) in [6, 6.07) is 0. The summed E-state index contributed by atoms with van der Waals surface area (Å²) in [6.45, 7) is 3.58. The maximum Gasteiger partial charge on any atom is 0.302 e. The summed E-state index contributed by atoms with van der Waals surface area (Å²) in [5.41, 5.74) is 6.88. The molecule has 0 saturated heterocycles. The largest absolute Gasteiger partial charge is 0.465 e. The molecule has 0 aliphatic rings. The van der Waals surface area contributed by atoms with Gasteiger partial charge in [-0.05, 0) is 22.4 Å². The SMILES string of the molecule is CC(=O)OCC(CCn1cnc2c(Br)nc(N)nc21)COC(C)=O. The number of halogens is 1. The zero-order valence-electron chi connectivity index (χ0n) is 13.4. The minimum Gasteiger partial charge on any atom is -0.465 e. The van der Waals surface area contributed by atoms with E-state index in [2.05, 4.69) is 30.9 Å². The van der Waals surface area contributed by atoms with Crippen LogP contribution in [0.3, 0.4) is 0 Å². The zero-order valence-corrected chi connectivity index (χ0v) is 14.9. The molecule has 2 aromatic rings. The summed E-state index contributed by atoms with van der Waals surface area (Å²) >= 11 is 3.30. The second-order valence-corrected chi connectivity index (χ2v) is 5.99. The minimum atomic E-state index is -0.375. The molecule has 2 heterocycles. The first-order valence-electron chi connectivity index (χ1n) is 7.27. The van der Waals surface area contributed by atoms with E-state index in [1.54, 1.807) is 6.33 Å². The summed E-state index contributed by atoms with van der Waals surface area (Å²) in [6.07, 6.45) is 2.24. The number of fused-ring (bicyclic) bond motifs is 1. The molecule has 2 rings (SSSR count). The summed E-state index contributed by atoms with van der Waals surface area (Å²) < 4.78 is 12.4. The number of hydrogen-bond acceptors (Lipinski definition) is 8. The van der Waals surface area contributed by atoms with E-state index in [4.69, 9.17) is 15.2 Å². The van der Waals surface area contributed by atoms with Crippen molar-refractivity contribution >= 4 is 45.0 Å². The van der Waals surface area contributed by atoms with Crippen LogP contribution in [0.1, 0.15) is 20.3 Å². The molecule has 10 heteroatoms. The van der Waals surface area contributed by atoms with Crippen molar-refractivity contribution in [1.29, 1.82) is 0 Å². The van der Waals surface area contributed by atoms with Crippen LogP contribution in [0.25, 0.3) is 11.2 Å². The molecule has 0 fully saturated rings. The Bertz CT molecular complexity index is 730. The van der Waals surface area contributed by atoms with E-state index in [0.29, 0.717) is 28.7 Å². The number of nitrogens with zero attached hydrogens (tertiary/aromatic N) is 4. The molecule has 0 atom stereocenters. The molecule has 2 N–H and O–H groups in total. The van der Waals surface area contributed by atoms with Crippen molar-refractivity contribution in [3.8, 4) is 0 Å². The van der Waals surface area contributed by atoms with Crippen molar-refractivity contribution in [2.45, 2.75) is 26.8 Å². The van der Waals surface area contributed by atoms with Crippen molar-refractivity contribution in [3.63, 3.8) is 0 Å². The van der Waals surface area contributed by atoms with Gasteiger partial charge in [0.15, 0.2) is 5.65 Å². The third-order valence-corrected chi connectivity index (χ3v) is 3.81. The number of carbonyl (C=O) groups is 2. The highest BCUT2D eigenvalue weighted by atomic mass is 79.9. The Morgan fingerprint density at radius 2 is 1.88 bits per heavy atom. The van der Waals surface area contributed by atoms with Crippen LogP contribution in [0, 0.1) is 5.92 Å². The highest BCUT2D eigenvalue weighted by Crippen LogP contribution is 2.21. The van der Waals surface area contributed by atoms with Gasteiger partial charge in [0.1, 0.15) is 10.1 Å². The number of carbonyl (C=O) groups excluding carboxylic acids is 2. The number of aromatic nitrogens is 4. The maximum absolute atomic E-state index is 11.0. The maximum atomic E-state index is 11.0. The Morgan fingerprint density at radius 3 is 2.46 bits per heavy atom. The summed E-state index contributed by atoms with van der Waals surface area (Å²) in [5, 5.41) is 0. The quantitative estimate of drug-likeness (QED) is 0.545. The average molecular weight is 400 g/mol. The predicted molar refractivity (Wildman–Crippen MR) is 88.8 cm³/mol. The number of imidazole rings is 1. The fraction of sp³-hybridized carbons (Fsp3) is 0.500. The number of ether oxygens (including phenoxy) is 2. The first-order valence-corrected chi connectivity index (χ1v) is 8.06. The van der Waals surface area contributed by atoms with E-state index in [-0.39, 0.29) is 37.0 Å². The average Bonchev–Trinajstić information content (AvgIpc) is 2.89. The normalized spacial score (nSPS) is 11.0. The summed E-state index contributed by atoms with van der Waals surface area (Å²) in [7, 11) is 0. The van der Waals surface area contributed by atoms with Crippen LogP contribution in [-0.2, 0) is 25.6 Å². The summed E-state index contributed by atoms with van der Waals surface area (Å²) in [5.74, 6) is -0.730. The van der Waals surface area contributed by atoms with Gasteiger partial charge in [-0.2, -0.15) is 4.98 Å². The van der Waals surface area contributed by atoms with E-state index in [9.17, 15) is 9.59 Å². The fourth-order valence-electron chi connectivity index (χ4n) is 2.10. The van der Waals surface area contributed by atoms with Gasteiger partial charge in [-0.1, -0.05) is 0 Å². The van der Waals surface area contributed by atoms with Crippen LogP contribution in [0.15, 0.2) is 10.9 Å². The molecule has 130 valence electrons. The molecule has 0 aromatic carbocycles. The van der Waals surface area contributed by atoms with Crippen molar-refractivity contribution in [2.75, 3.05) is 18.9 Å². The Kier molecular flexibility index (Phi) is 6.07. The van der Waals surface area contributed by atoms with E-state index < -0.39 is 0 Å². The van der Waals surface area contributed by atoms with Gasteiger partial charge in [-0.25, -0.2) is 9.97 Å². The number of nitrogen functional groups attached to an aromatic ring is 1. The first kappa shape index (κ1) is 18.1. The Hall–Kier alpha value is -2.23. The van der Waals surface area contributed by atoms with Gasteiger partial charge in [-0.3, -0.25) is 9.59 Å². The van der Waals surface area contributed by atoms with Crippen LogP contribution in [0.2, 0.25) is 0 Å². The van der Waals surface area contributed by atoms with Crippen molar-refractivity contribution < 1.29 is 19.1 Å². The highest BCUT2D eigenvalue weighted by molar-refractivity contribution is 9.10. The van der Waals surface area contributed by atoms with E-state index >= 15 is 0 Å². The van der Waals surface area contributed by atoms with Gasteiger partial charge < -0.3 is 19.8 Å². The molecule has 0 bridgehead atoms. The molecular formula is C14H18BrN5O4. The van der Waals surface area contributed by atoms with Crippen LogP contribution in [0.5, 0.6) is 0 Å². The Morgan fingerprint density at radius 1 is 1.25 bits per heavy atom. The lowest BCUT2D eigenvalue weighted by Gasteiger charge is -2.16. The van der Waals surface area contributed by atoms with Crippen molar-refractivity contribution in [2.24, 2.45) is 5.92 Å². The Balaban J connectivity index is 2.07. The van der Waals surface area contributed by atoms with Crippen molar-refractivity contribution in [3.05, 3.63) is 10.9 Å². The third kappa shape index (κ3) is 4.88. The predicted octanol–water partition coefficient (Wildman–Crippen LogP) is 1.30. The molecule has 2 aromatic heterocycles. The number of hydrogen-bond donors (Lipinski definition) is 1. The second kappa shape index (κ2) is 8.04. The van der Waals surface area contributed by atoms with Gasteiger partial charge in [0.05, 0.1) is 19.5 Å². The van der Waals surface area contributed by atoms with Crippen LogP contribution in [-0.4, -0.2) is 44.7 Å².